The fraction of sp³-hybridized carbons (Fsp3) is 0.353. The number of aromatic nitrogens is 1. The molecule has 0 bridgehead atoms. The van der Waals surface area contributed by atoms with Crippen LogP contribution < -0.4 is 10.9 Å². The lowest BCUT2D eigenvalue weighted by atomic mass is 9.77. The van der Waals surface area contributed by atoms with Gasteiger partial charge < -0.3 is 10.2 Å². The Morgan fingerprint density at radius 3 is 2.79 bits per heavy atom. The highest BCUT2D eigenvalue weighted by atomic mass is 16.6. The van der Waals surface area contributed by atoms with Crippen LogP contribution in [0.25, 0.3) is 0 Å². The van der Waals surface area contributed by atoms with E-state index in [2.05, 4.69) is 15.8 Å². The second-order valence-corrected chi connectivity index (χ2v) is 6.14. The van der Waals surface area contributed by atoms with Crippen molar-refractivity contribution in [3.63, 3.8) is 0 Å². The SMILES string of the molecule is O=[N+]([O-])c1ccc2c(c1)C(c1ccncc1)(C1CCCCO1)NN2. The van der Waals surface area contributed by atoms with Crippen LogP contribution in [-0.2, 0) is 10.3 Å². The van der Waals surface area contributed by atoms with Crippen LogP contribution in [0.4, 0.5) is 11.4 Å². The molecule has 3 heterocycles. The van der Waals surface area contributed by atoms with Gasteiger partial charge in [0.25, 0.3) is 5.69 Å². The second-order valence-electron chi connectivity index (χ2n) is 6.14. The van der Waals surface area contributed by atoms with E-state index in [1.807, 2.05) is 12.1 Å². The quantitative estimate of drug-likeness (QED) is 0.666. The molecule has 1 aromatic heterocycles. The largest absolute Gasteiger partial charge is 0.375 e. The van der Waals surface area contributed by atoms with E-state index < -0.39 is 5.54 Å². The molecule has 0 saturated carbocycles. The maximum Gasteiger partial charge on any atom is 0.269 e. The summed E-state index contributed by atoms with van der Waals surface area (Å²) in [6, 6.07) is 8.76. The van der Waals surface area contributed by atoms with Gasteiger partial charge in [-0.2, -0.15) is 0 Å². The number of pyridine rings is 1. The molecule has 124 valence electrons. The van der Waals surface area contributed by atoms with Crippen LogP contribution in [0.2, 0.25) is 0 Å². The van der Waals surface area contributed by atoms with Crippen molar-refractivity contribution in [2.75, 3.05) is 12.0 Å². The molecule has 0 radical (unpaired) electrons. The number of ether oxygens (including phenoxy) is 1. The fourth-order valence-electron chi connectivity index (χ4n) is 3.68. The molecule has 2 aliphatic rings. The van der Waals surface area contributed by atoms with Crippen LogP contribution in [0.3, 0.4) is 0 Å². The normalized spacial score (nSPS) is 25.8. The molecule has 0 amide bonds. The Morgan fingerprint density at radius 1 is 1.25 bits per heavy atom. The highest BCUT2D eigenvalue weighted by Crippen LogP contribution is 2.45. The summed E-state index contributed by atoms with van der Waals surface area (Å²) in [6.45, 7) is 0.698. The third kappa shape index (κ3) is 2.24. The summed E-state index contributed by atoms with van der Waals surface area (Å²) in [7, 11) is 0. The highest BCUT2D eigenvalue weighted by molar-refractivity contribution is 5.65. The minimum atomic E-state index is -0.662. The number of anilines is 1. The van der Waals surface area contributed by atoms with Gasteiger partial charge in [-0.15, -0.1) is 0 Å². The summed E-state index contributed by atoms with van der Waals surface area (Å²) in [5, 5.41) is 11.2. The maximum absolute atomic E-state index is 11.2. The van der Waals surface area contributed by atoms with Crippen molar-refractivity contribution in [3.05, 3.63) is 64.0 Å². The van der Waals surface area contributed by atoms with E-state index in [9.17, 15) is 10.1 Å². The van der Waals surface area contributed by atoms with Crippen molar-refractivity contribution in [2.24, 2.45) is 0 Å². The number of benzene rings is 1. The Balaban J connectivity index is 1.90. The molecule has 7 heteroatoms. The number of hydrogen-bond acceptors (Lipinski definition) is 6. The number of hydrazine groups is 1. The average molecular weight is 326 g/mol. The molecule has 2 N–H and O–H groups in total. The third-order valence-electron chi connectivity index (χ3n) is 4.83. The maximum atomic E-state index is 11.2. The minimum Gasteiger partial charge on any atom is -0.375 e. The van der Waals surface area contributed by atoms with E-state index in [0.717, 1.165) is 36.1 Å². The van der Waals surface area contributed by atoms with Crippen LogP contribution in [0.5, 0.6) is 0 Å². The predicted molar refractivity (Wildman–Crippen MR) is 88.5 cm³/mol. The molecular formula is C17H18N4O3. The zero-order chi connectivity index (χ0) is 16.6. The summed E-state index contributed by atoms with van der Waals surface area (Å²) in [6.07, 6.45) is 6.36. The van der Waals surface area contributed by atoms with Crippen molar-refractivity contribution >= 4 is 11.4 Å². The van der Waals surface area contributed by atoms with E-state index in [1.165, 1.54) is 6.07 Å². The van der Waals surface area contributed by atoms with E-state index in [-0.39, 0.29) is 16.7 Å². The van der Waals surface area contributed by atoms with Crippen molar-refractivity contribution in [1.29, 1.82) is 0 Å². The van der Waals surface area contributed by atoms with Gasteiger partial charge in [-0.3, -0.25) is 15.1 Å². The van der Waals surface area contributed by atoms with Gasteiger partial charge in [-0.1, -0.05) is 0 Å². The lowest BCUT2D eigenvalue weighted by Crippen LogP contribution is -2.52. The number of non-ortho nitro benzene ring substituents is 1. The molecule has 4 rings (SSSR count). The summed E-state index contributed by atoms with van der Waals surface area (Å²) in [5.41, 5.74) is 8.62. The molecule has 24 heavy (non-hydrogen) atoms. The first kappa shape index (κ1) is 15.0. The number of nitrogens with one attached hydrogen (secondary N) is 2. The Bertz CT molecular complexity index is 762. The second kappa shape index (κ2) is 5.85. The van der Waals surface area contributed by atoms with Crippen LogP contribution in [0.15, 0.2) is 42.7 Å². The molecule has 2 aromatic rings. The Morgan fingerprint density at radius 2 is 2.08 bits per heavy atom. The van der Waals surface area contributed by atoms with E-state index in [4.69, 9.17) is 4.74 Å². The minimum absolute atomic E-state index is 0.0773. The topological polar surface area (TPSA) is 89.3 Å². The summed E-state index contributed by atoms with van der Waals surface area (Å²) < 4.78 is 6.08. The van der Waals surface area contributed by atoms with E-state index in [1.54, 1.807) is 24.5 Å². The number of nitro groups is 1. The van der Waals surface area contributed by atoms with E-state index in [0.29, 0.717) is 6.61 Å². The third-order valence-corrected chi connectivity index (χ3v) is 4.83. The van der Waals surface area contributed by atoms with Gasteiger partial charge in [0, 0.05) is 36.7 Å². The molecule has 0 spiro atoms. The number of hydrogen-bond donors (Lipinski definition) is 2. The van der Waals surface area contributed by atoms with Gasteiger partial charge >= 0.3 is 0 Å². The molecule has 7 nitrogen and oxygen atoms in total. The molecular weight excluding hydrogens is 308 g/mol. The fourth-order valence-corrected chi connectivity index (χ4v) is 3.68. The molecule has 0 aliphatic carbocycles. The van der Waals surface area contributed by atoms with Gasteiger partial charge in [0.1, 0.15) is 5.54 Å². The molecule has 1 aromatic carbocycles. The molecule has 1 saturated heterocycles. The van der Waals surface area contributed by atoms with Crippen LogP contribution in [0.1, 0.15) is 30.4 Å². The van der Waals surface area contributed by atoms with Gasteiger partial charge in [0.2, 0.25) is 0 Å². The van der Waals surface area contributed by atoms with Crippen molar-refractivity contribution in [2.45, 2.75) is 30.9 Å². The molecule has 1 fully saturated rings. The van der Waals surface area contributed by atoms with Crippen molar-refractivity contribution in [3.8, 4) is 0 Å². The van der Waals surface area contributed by atoms with E-state index >= 15 is 0 Å². The zero-order valence-corrected chi connectivity index (χ0v) is 13.1. The predicted octanol–water partition coefficient (Wildman–Crippen LogP) is 2.73. The first-order chi connectivity index (χ1) is 11.7. The number of nitro benzene ring substituents is 1. The van der Waals surface area contributed by atoms with Crippen molar-refractivity contribution < 1.29 is 9.66 Å². The first-order valence-electron chi connectivity index (χ1n) is 8.06. The lowest BCUT2D eigenvalue weighted by molar-refractivity contribution is -0.384. The Kier molecular flexibility index (Phi) is 3.66. The summed E-state index contributed by atoms with van der Waals surface area (Å²) >= 11 is 0. The lowest BCUT2D eigenvalue weighted by Gasteiger charge is -2.40. The van der Waals surface area contributed by atoms with Gasteiger partial charge in [0.05, 0.1) is 16.7 Å². The summed E-state index contributed by atoms with van der Waals surface area (Å²) in [5.74, 6) is 0. The molecule has 2 atom stereocenters. The highest BCUT2D eigenvalue weighted by Gasteiger charge is 2.48. The Hall–Kier alpha value is -2.51. The smallest absolute Gasteiger partial charge is 0.269 e. The van der Waals surface area contributed by atoms with Crippen molar-refractivity contribution in [1.82, 2.24) is 10.4 Å². The molecule has 2 unspecified atom stereocenters. The Labute approximate surface area is 139 Å². The van der Waals surface area contributed by atoms with Crippen LogP contribution in [0, 0.1) is 10.1 Å². The standard InChI is InChI=1S/C17H18N4O3/c22-21(23)13-4-5-15-14(11-13)17(20-19-15,12-6-8-18-9-7-12)16-3-1-2-10-24-16/h4-9,11,16,19-20H,1-3,10H2. The van der Waals surface area contributed by atoms with Gasteiger partial charge in [-0.05, 0) is 43.0 Å². The average Bonchev–Trinajstić information content (AvgIpc) is 3.03. The first-order valence-corrected chi connectivity index (χ1v) is 8.06. The number of nitrogens with zero attached hydrogens (tertiary/aromatic N) is 2. The number of rotatable bonds is 3. The zero-order valence-electron chi connectivity index (χ0n) is 13.1. The monoisotopic (exact) mass is 326 g/mol. The summed E-state index contributed by atoms with van der Waals surface area (Å²) in [4.78, 5) is 15.0. The van der Waals surface area contributed by atoms with Gasteiger partial charge in [-0.25, -0.2) is 5.43 Å². The van der Waals surface area contributed by atoms with Crippen LogP contribution in [-0.4, -0.2) is 22.6 Å². The van der Waals surface area contributed by atoms with Crippen LogP contribution >= 0.6 is 0 Å². The number of fused-ring (bicyclic) bond motifs is 1. The van der Waals surface area contributed by atoms with Gasteiger partial charge in [0.15, 0.2) is 0 Å². The molecule has 2 aliphatic heterocycles.